The van der Waals surface area contributed by atoms with E-state index >= 15 is 0 Å². The van der Waals surface area contributed by atoms with Crippen LogP contribution in [0.5, 0.6) is 0 Å². The van der Waals surface area contributed by atoms with E-state index in [2.05, 4.69) is 25.5 Å². The van der Waals surface area contributed by atoms with Crippen LogP contribution in [0.4, 0.5) is 17.2 Å². The maximum atomic E-state index is 13.1. The molecule has 1 fully saturated rings. The third-order valence-corrected chi connectivity index (χ3v) is 7.17. The molecule has 0 unspecified atom stereocenters. The van der Waals surface area contributed by atoms with E-state index in [0.29, 0.717) is 22.6 Å². The highest BCUT2D eigenvalue weighted by molar-refractivity contribution is 7.90. The predicted octanol–water partition coefficient (Wildman–Crippen LogP) is 1.70. The van der Waals surface area contributed by atoms with Crippen molar-refractivity contribution < 1.29 is 18.0 Å². The minimum Gasteiger partial charge on any atom is -0.367 e. The molecule has 2 amide bonds. The quantitative estimate of drug-likeness (QED) is 0.552. The first-order valence-electron chi connectivity index (χ1n) is 11.1. The zero-order chi connectivity index (χ0) is 24.6. The van der Waals surface area contributed by atoms with Crippen LogP contribution in [0.1, 0.15) is 26.4 Å². The van der Waals surface area contributed by atoms with Gasteiger partial charge in [-0.3, -0.25) is 19.5 Å². The van der Waals surface area contributed by atoms with E-state index in [1.54, 1.807) is 36.7 Å². The number of piperazine rings is 1. The molecule has 180 valence electrons. The van der Waals surface area contributed by atoms with E-state index in [1.807, 2.05) is 6.07 Å². The SMILES string of the molecule is CS(=O)(=O)c1ccc2c(c1)C(=O)N(c1cccc(C(=O)Nc3cnccc3N3CCNCC3)n1)C2. The summed E-state index contributed by atoms with van der Waals surface area (Å²) in [6.45, 7) is 3.60. The Morgan fingerprint density at radius 3 is 2.69 bits per heavy atom. The standard InChI is InChI=1S/C24H24N6O4S/c1-35(33,34)17-6-5-16-15-30(24(32)18(16)13-17)22-4-2-3-19(27-22)23(31)28-20-14-26-8-7-21(20)29-11-9-25-10-12-29/h2-8,13-14,25H,9-12,15H2,1H3,(H,28,31). The van der Waals surface area contributed by atoms with Gasteiger partial charge < -0.3 is 15.5 Å². The van der Waals surface area contributed by atoms with Gasteiger partial charge in [0.1, 0.15) is 11.5 Å². The highest BCUT2D eigenvalue weighted by Gasteiger charge is 2.31. The number of nitrogens with zero attached hydrogens (tertiary/aromatic N) is 4. The number of amides is 2. The minimum atomic E-state index is -3.44. The molecule has 2 aromatic heterocycles. The Labute approximate surface area is 202 Å². The maximum absolute atomic E-state index is 13.1. The smallest absolute Gasteiger partial charge is 0.274 e. The van der Waals surface area contributed by atoms with E-state index < -0.39 is 15.7 Å². The second-order valence-electron chi connectivity index (χ2n) is 8.45. The molecule has 0 saturated carbocycles. The summed E-state index contributed by atoms with van der Waals surface area (Å²) in [7, 11) is -3.44. The van der Waals surface area contributed by atoms with Gasteiger partial charge in [0, 0.05) is 44.2 Å². The summed E-state index contributed by atoms with van der Waals surface area (Å²) in [5.41, 5.74) is 2.65. The maximum Gasteiger partial charge on any atom is 0.274 e. The van der Waals surface area contributed by atoms with Crippen molar-refractivity contribution in [3.63, 3.8) is 0 Å². The zero-order valence-corrected chi connectivity index (χ0v) is 19.9. The van der Waals surface area contributed by atoms with E-state index in [1.165, 1.54) is 17.0 Å². The first-order chi connectivity index (χ1) is 16.8. The number of nitrogens with one attached hydrogen (secondary N) is 2. The average Bonchev–Trinajstić information content (AvgIpc) is 3.20. The number of hydrogen-bond acceptors (Lipinski definition) is 8. The first-order valence-corrected chi connectivity index (χ1v) is 13.0. The molecule has 0 spiro atoms. The summed E-state index contributed by atoms with van der Waals surface area (Å²) in [6, 6.07) is 11.3. The molecule has 0 radical (unpaired) electrons. The fourth-order valence-electron chi connectivity index (χ4n) is 4.25. The van der Waals surface area contributed by atoms with Crippen LogP contribution >= 0.6 is 0 Å². The van der Waals surface area contributed by atoms with Gasteiger partial charge in [-0.2, -0.15) is 0 Å². The summed E-state index contributed by atoms with van der Waals surface area (Å²) in [5, 5.41) is 6.21. The second-order valence-corrected chi connectivity index (χ2v) is 10.5. The van der Waals surface area contributed by atoms with Crippen LogP contribution in [-0.2, 0) is 16.4 Å². The Kier molecular flexibility index (Phi) is 5.95. The lowest BCUT2D eigenvalue weighted by Gasteiger charge is -2.30. The van der Waals surface area contributed by atoms with Crippen LogP contribution in [0.3, 0.4) is 0 Å². The lowest BCUT2D eigenvalue weighted by Crippen LogP contribution is -2.43. The third kappa shape index (κ3) is 4.60. The van der Waals surface area contributed by atoms with Crippen LogP contribution in [0, 0.1) is 0 Å². The number of carbonyl (C=O) groups is 2. The van der Waals surface area contributed by atoms with Gasteiger partial charge in [-0.15, -0.1) is 0 Å². The Balaban J connectivity index is 1.37. The van der Waals surface area contributed by atoms with Crippen molar-refractivity contribution in [1.29, 1.82) is 0 Å². The number of carbonyl (C=O) groups excluding carboxylic acids is 2. The number of benzene rings is 1. The number of anilines is 3. The highest BCUT2D eigenvalue weighted by atomic mass is 32.2. The molecular formula is C24H24N6O4S. The van der Waals surface area contributed by atoms with Gasteiger partial charge in [-0.05, 0) is 35.9 Å². The molecule has 3 aromatic rings. The number of rotatable bonds is 5. The van der Waals surface area contributed by atoms with Crippen molar-refractivity contribution in [1.82, 2.24) is 15.3 Å². The lowest BCUT2D eigenvalue weighted by atomic mass is 10.1. The molecule has 10 nitrogen and oxygen atoms in total. The number of pyridine rings is 2. The van der Waals surface area contributed by atoms with Crippen molar-refractivity contribution in [2.24, 2.45) is 0 Å². The summed E-state index contributed by atoms with van der Waals surface area (Å²) < 4.78 is 23.8. The van der Waals surface area contributed by atoms with Crippen molar-refractivity contribution in [3.05, 3.63) is 71.7 Å². The van der Waals surface area contributed by atoms with Crippen molar-refractivity contribution in [2.75, 3.05) is 47.6 Å². The molecule has 35 heavy (non-hydrogen) atoms. The lowest BCUT2D eigenvalue weighted by molar-refractivity contribution is 0.0990. The van der Waals surface area contributed by atoms with Gasteiger partial charge in [0.15, 0.2) is 9.84 Å². The van der Waals surface area contributed by atoms with Crippen LogP contribution < -0.4 is 20.4 Å². The van der Waals surface area contributed by atoms with E-state index in [4.69, 9.17) is 0 Å². The Morgan fingerprint density at radius 1 is 1.11 bits per heavy atom. The topological polar surface area (TPSA) is 125 Å². The molecule has 0 aliphatic carbocycles. The van der Waals surface area contributed by atoms with Crippen LogP contribution in [0.25, 0.3) is 0 Å². The third-order valence-electron chi connectivity index (χ3n) is 6.06. The van der Waals surface area contributed by atoms with Crippen LogP contribution in [0.2, 0.25) is 0 Å². The molecular weight excluding hydrogens is 468 g/mol. The zero-order valence-electron chi connectivity index (χ0n) is 19.1. The molecule has 5 rings (SSSR count). The minimum absolute atomic E-state index is 0.0873. The van der Waals surface area contributed by atoms with Crippen molar-refractivity contribution >= 4 is 38.8 Å². The molecule has 1 aromatic carbocycles. The number of aromatic nitrogens is 2. The fourth-order valence-corrected chi connectivity index (χ4v) is 4.89. The largest absolute Gasteiger partial charge is 0.367 e. The number of fused-ring (bicyclic) bond motifs is 1. The van der Waals surface area contributed by atoms with E-state index in [-0.39, 0.29) is 23.0 Å². The van der Waals surface area contributed by atoms with E-state index in [0.717, 1.165) is 38.1 Å². The molecule has 2 aliphatic rings. The molecule has 2 aliphatic heterocycles. The molecule has 4 heterocycles. The second kappa shape index (κ2) is 9.08. The number of sulfone groups is 1. The summed E-state index contributed by atoms with van der Waals surface area (Å²) >= 11 is 0. The molecule has 1 saturated heterocycles. The summed E-state index contributed by atoms with van der Waals surface area (Å²) in [6.07, 6.45) is 4.41. The highest BCUT2D eigenvalue weighted by Crippen LogP contribution is 2.30. The Morgan fingerprint density at radius 2 is 1.91 bits per heavy atom. The predicted molar refractivity (Wildman–Crippen MR) is 132 cm³/mol. The van der Waals surface area contributed by atoms with Crippen LogP contribution in [0.15, 0.2) is 59.8 Å². The monoisotopic (exact) mass is 492 g/mol. The average molecular weight is 493 g/mol. The Hall–Kier alpha value is -3.83. The number of hydrogen-bond donors (Lipinski definition) is 2. The van der Waals surface area contributed by atoms with Crippen molar-refractivity contribution in [3.8, 4) is 0 Å². The first kappa shape index (κ1) is 22.9. The van der Waals surface area contributed by atoms with E-state index in [9.17, 15) is 18.0 Å². The molecule has 2 N–H and O–H groups in total. The Bertz CT molecular complexity index is 1420. The van der Waals surface area contributed by atoms with Gasteiger partial charge in [0.05, 0.1) is 29.0 Å². The van der Waals surface area contributed by atoms with Gasteiger partial charge in [0.25, 0.3) is 11.8 Å². The molecule has 11 heteroatoms. The van der Waals surface area contributed by atoms with Crippen LogP contribution in [-0.4, -0.2) is 62.6 Å². The van der Waals surface area contributed by atoms with Gasteiger partial charge >= 0.3 is 0 Å². The molecule has 0 bridgehead atoms. The van der Waals surface area contributed by atoms with Gasteiger partial charge in [-0.1, -0.05) is 12.1 Å². The molecule has 0 atom stereocenters. The summed E-state index contributed by atoms with van der Waals surface area (Å²) in [5.74, 6) is -0.461. The normalized spacial score (nSPS) is 15.7. The summed E-state index contributed by atoms with van der Waals surface area (Å²) in [4.78, 5) is 38.4. The van der Waals surface area contributed by atoms with Gasteiger partial charge in [-0.25, -0.2) is 13.4 Å². The van der Waals surface area contributed by atoms with Gasteiger partial charge in [0.2, 0.25) is 0 Å². The fraction of sp³-hybridized carbons (Fsp3) is 0.250. The van der Waals surface area contributed by atoms with Crippen molar-refractivity contribution in [2.45, 2.75) is 11.4 Å².